The summed E-state index contributed by atoms with van der Waals surface area (Å²) in [6.45, 7) is 1.62. The summed E-state index contributed by atoms with van der Waals surface area (Å²) in [5.41, 5.74) is 0. The molecule has 1 amide bonds. The molecule has 424 valence electrons. The van der Waals surface area contributed by atoms with Crippen LogP contribution in [0, 0.1) is 0 Å². The van der Waals surface area contributed by atoms with Crippen molar-refractivity contribution in [3.8, 4) is 0 Å². The minimum absolute atomic E-state index is 0.247. The van der Waals surface area contributed by atoms with Gasteiger partial charge in [-0.05, 0) is 19.3 Å². The van der Waals surface area contributed by atoms with Gasteiger partial charge in [-0.25, -0.2) is 0 Å². The molecule has 0 aromatic carbocycles. The Bertz CT molecular complexity index is 1380. The fraction of sp³-hybridized carbons (Fsp3) is 0.943. The molecular weight excluding hydrogens is 939 g/mol. The Hall–Kier alpha value is -1.47. The molecule has 0 aliphatic carbocycles. The van der Waals surface area contributed by atoms with Crippen LogP contribution in [-0.2, 0) is 33.2 Å². The average molecular weight is 1040 g/mol. The minimum atomic E-state index is -1.97. The molecule has 3 aliphatic rings. The summed E-state index contributed by atoms with van der Waals surface area (Å²) in [5, 5.41) is 119. The van der Waals surface area contributed by atoms with Crippen LogP contribution in [-0.4, -0.2) is 193 Å². The lowest BCUT2D eigenvalue weighted by Crippen LogP contribution is -2.66. The smallest absolute Gasteiger partial charge is 0.220 e. The number of aliphatic hydroxyl groups excluding tert-OH is 11. The lowest BCUT2D eigenvalue weighted by Gasteiger charge is -2.48. The third-order valence-corrected chi connectivity index (χ3v) is 14.3. The van der Waals surface area contributed by atoms with E-state index in [-0.39, 0.29) is 18.9 Å². The standard InChI is InChI=1S/C53H99NO18/c1-3-5-7-9-11-12-13-14-15-16-17-18-19-20-21-22-23-24-25-27-29-31-41(59)54-36(37(58)30-28-26-10-8-6-4-2)35-67-51-47(65)44(62)49(39(33-56)69-51)72-53-48(66)45(63)50(40(34-57)70-53)71-52-46(64)43(61)42(60)38(32-55)68-52/h28,30,36-40,42-53,55-58,60-66H,3-27,29,31-35H2,1-2H3,(H,54,59)/b30-28+. The second kappa shape index (κ2) is 38.1. The highest BCUT2D eigenvalue weighted by Crippen LogP contribution is 2.33. The monoisotopic (exact) mass is 1040 g/mol. The van der Waals surface area contributed by atoms with Gasteiger partial charge in [0.1, 0.15) is 73.2 Å². The summed E-state index contributed by atoms with van der Waals surface area (Å²) in [7, 11) is 0. The molecular formula is C53H99NO18. The number of unbranched alkanes of at least 4 members (excludes halogenated alkanes) is 24. The van der Waals surface area contributed by atoms with Gasteiger partial charge in [0.15, 0.2) is 18.9 Å². The summed E-state index contributed by atoms with van der Waals surface area (Å²) in [5.74, 6) is -0.279. The summed E-state index contributed by atoms with van der Waals surface area (Å²) in [6, 6.07) is -0.963. The molecule has 12 N–H and O–H groups in total. The Morgan fingerprint density at radius 1 is 0.486 bits per heavy atom. The number of allylic oxidation sites excluding steroid dienone is 1. The minimum Gasteiger partial charge on any atom is -0.394 e. The lowest BCUT2D eigenvalue weighted by molar-refractivity contribution is -0.379. The Kier molecular flexibility index (Phi) is 34.3. The number of amides is 1. The fourth-order valence-electron chi connectivity index (χ4n) is 9.66. The second-order valence-electron chi connectivity index (χ2n) is 20.4. The van der Waals surface area contributed by atoms with E-state index in [0.29, 0.717) is 6.42 Å². The first-order valence-corrected chi connectivity index (χ1v) is 27.9. The number of ether oxygens (including phenoxy) is 6. The van der Waals surface area contributed by atoms with Gasteiger partial charge in [0.05, 0.1) is 38.6 Å². The first-order chi connectivity index (χ1) is 34.8. The van der Waals surface area contributed by atoms with Gasteiger partial charge in [0.25, 0.3) is 0 Å². The third kappa shape index (κ3) is 23.0. The molecule has 3 aliphatic heterocycles. The molecule has 0 bridgehead atoms. The van der Waals surface area contributed by atoms with Gasteiger partial charge in [-0.3, -0.25) is 4.79 Å². The van der Waals surface area contributed by atoms with Crippen molar-refractivity contribution in [2.75, 3.05) is 26.4 Å². The van der Waals surface area contributed by atoms with Crippen LogP contribution in [0.4, 0.5) is 0 Å². The van der Waals surface area contributed by atoms with Crippen LogP contribution < -0.4 is 5.32 Å². The zero-order valence-corrected chi connectivity index (χ0v) is 43.7. The molecule has 17 atom stereocenters. The van der Waals surface area contributed by atoms with Gasteiger partial charge < -0.3 is 89.9 Å². The predicted molar refractivity (Wildman–Crippen MR) is 268 cm³/mol. The molecule has 19 heteroatoms. The number of hydrogen-bond acceptors (Lipinski definition) is 18. The van der Waals surface area contributed by atoms with Crippen LogP contribution in [0.2, 0.25) is 0 Å². The average Bonchev–Trinajstić information content (AvgIpc) is 3.38. The van der Waals surface area contributed by atoms with Crippen LogP contribution in [0.3, 0.4) is 0 Å². The number of hydrogen-bond donors (Lipinski definition) is 12. The SMILES string of the molecule is CCCCCC/C=C/C(O)C(COC1OC(CO)C(OC2OC(CO)C(OC3OC(CO)C(O)C(O)C3O)C(O)C2O)C(O)C1O)NC(=O)CCCCCCCCCCCCCCCCCCCCCCC. The topological polar surface area (TPSA) is 307 Å². The maximum atomic E-state index is 13.2. The molecule has 3 heterocycles. The Morgan fingerprint density at radius 2 is 0.861 bits per heavy atom. The summed E-state index contributed by atoms with van der Waals surface area (Å²) >= 11 is 0. The molecule has 0 spiro atoms. The van der Waals surface area contributed by atoms with Crippen LogP contribution in [0.25, 0.3) is 0 Å². The molecule has 3 rings (SSSR count). The third-order valence-electron chi connectivity index (χ3n) is 14.3. The number of aliphatic hydroxyl groups is 11. The maximum Gasteiger partial charge on any atom is 0.220 e. The van der Waals surface area contributed by atoms with Crippen LogP contribution in [0.5, 0.6) is 0 Å². The zero-order chi connectivity index (χ0) is 52.7. The summed E-state index contributed by atoms with van der Waals surface area (Å²) in [4.78, 5) is 13.2. The summed E-state index contributed by atoms with van der Waals surface area (Å²) < 4.78 is 34.0. The van der Waals surface area contributed by atoms with Crippen molar-refractivity contribution in [2.45, 2.75) is 291 Å². The number of rotatable bonds is 40. The van der Waals surface area contributed by atoms with E-state index in [2.05, 4.69) is 19.2 Å². The predicted octanol–water partition coefficient (Wildman–Crippen LogP) is 3.43. The molecule has 0 aromatic rings. The fourth-order valence-corrected chi connectivity index (χ4v) is 9.66. The first kappa shape index (κ1) is 64.8. The zero-order valence-electron chi connectivity index (χ0n) is 43.7. The van der Waals surface area contributed by atoms with E-state index in [9.17, 15) is 61.0 Å². The molecule has 0 radical (unpaired) electrons. The molecule has 0 saturated carbocycles. The van der Waals surface area contributed by atoms with Crippen molar-refractivity contribution in [1.82, 2.24) is 5.32 Å². The van der Waals surface area contributed by atoms with Crippen LogP contribution in [0.15, 0.2) is 12.2 Å². The van der Waals surface area contributed by atoms with Gasteiger partial charge in [0, 0.05) is 6.42 Å². The quantitative estimate of drug-likeness (QED) is 0.0309. The highest BCUT2D eigenvalue weighted by molar-refractivity contribution is 5.76. The van der Waals surface area contributed by atoms with Gasteiger partial charge in [-0.15, -0.1) is 0 Å². The molecule has 17 unspecified atom stereocenters. The molecule has 3 saturated heterocycles. The van der Waals surface area contributed by atoms with Gasteiger partial charge in [-0.2, -0.15) is 0 Å². The van der Waals surface area contributed by atoms with Crippen molar-refractivity contribution in [3.05, 3.63) is 12.2 Å². The number of carbonyl (C=O) groups excluding carboxylic acids is 1. The van der Waals surface area contributed by atoms with Crippen molar-refractivity contribution in [2.24, 2.45) is 0 Å². The van der Waals surface area contributed by atoms with Gasteiger partial charge in [-0.1, -0.05) is 174 Å². The van der Waals surface area contributed by atoms with Gasteiger partial charge >= 0.3 is 0 Å². The van der Waals surface area contributed by atoms with E-state index < -0.39 is 124 Å². The number of carbonyl (C=O) groups is 1. The molecule has 0 aromatic heterocycles. The normalized spacial score (nSPS) is 32.0. The van der Waals surface area contributed by atoms with E-state index in [0.717, 1.165) is 51.4 Å². The van der Waals surface area contributed by atoms with E-state index in [1.807, 2.05) is 6.08 Å². The Labute approximate surface area is 429 Å². The van der Waals surface area contributed by atoms with Crippen LogP contribution >= 0.6 is 0 Å². The molecule has 19 nitrogen and oxygen atoms in total. The van der Waals surface area contributed by atoms with Crippen LogP contribution in [0.1, 0.15) is 187 Å². The highest BCUT2D eigenvalue weighted by atomic mass is 16.8. The first-order valence-electron chi connectivity index (χ1n) is 27.9. The number of nitrogens with one attached hydrogen (secondary N) is 1. The maximum absolute atomic E-state index is 13.2. The van der Waals surface area contributed by atoms with E-state index in [4.69, 9.17) is 28.4 Å². The van der Waals surface area contributed by atoms with E-state index >= 15 is 0 Å². The second-order valence-corrected chi connectivity index (χ2v) is 20.4. The van der Waals surface area contributed by atoms with E-state index in [1.165, 1.54) is 109 Å². The van der Waals surface area contributed by atoms with E-state index in [1.54, 1.807) is 6.08 Å². The van der Waals surface area contributed by atoms with Crippen molar-refractivity contribution in [3.63, 3.8) is 0 Å². The van der Waals surface area contributed by atoms with Crippen molar-refractivity contribution >= 4 is 5.91 Å². The Balaban J connectivity index is 1.43. The highest BCUT2D eigenvalue weighted by Gasteiger charge is 2.53. The largest absolute Gasteiger partial charge is 0.394 e. The van der Waals surface area contributed by atoms with Gasteiger partial charge in [0.2, 0.25) is 5.91 Å². The molecule has 3 fully saturated rings. The van der Waals surface area contributed by atoms with Crippen molar-refractivity contribution < 1.29 is 89.4 Å². The van der Waals surface area contributed by atoms with Crippen molar-refractivity contribution in [1.29, 1.82) is 0 Å². The summed E-state index contributed by atoms with van der Waals surface area (Å²) in [6.07, 6.45) is 8.37. The Morgan fingerprint density at radius 3 is 1.31 bits per heavy atom. The lowest BCUT2D eigenvalue weighted by atomic mass is 9.96. The molecule has 72 heavy (non-hydrogen) atoms.